The molecule has 4 saturated heterocycles. The number of hydrogen-bond donors (Lipinski definition) is 15. The van der Waals surface area contributed by atoms with E-state index >= 15 is 0 Å². The van der Waals surface area contributed by atoms with Crippen LogP contribution in [0.4, 0.5) is 0 Å². The van der Waals surface area contributed by atoms with E-state index in [0.717, 1.165) is 26.2 Å². The fraction of sp³-hybridized carbons (Fsp3) is 0.913. The van der Waals surface area contributed by atoms with Gasteiger partial charge in [-0.2, -0.15) is 0 Å². The molecule has 0 saturated carbocycles. The number of carbonyl (C=O) groups excluding carboxylic acids is 2. The van der Waals surface area contributed by atoms with Crippen LogP contribution < -0.4 is 10.6 Å². The minimum atomic E-state index is -2.10. The summed E-state index contributed by atoms with van der Waals surface area (Å²) in [6.07, 6.45) is -18.5. The van der Waals surface area contributed by atoms with E-state index in [1.54, 1.807) is 0 Å². The van der Waals surface area contributed by atoms with Gasteiger partial charge >= 0.3 is 0 Å². The van der Waals surface area contributed by atoms with Gasteiger partial charge in [-0.1, -0.05) is 83.3 Å². The van der Waals surface area contributed by atoms with Gasteiger partial charge < -0.3 is 115 Å². The SMILES string of the molecule is CCCCCCCCCCCCC/C=C/[C@@H](O)[C@H](CO[C@@H]1O[C@H](CO)[C@@H](O[C@@H]2O[C@H](CO)[C@H](O)[C@H](O[C@H]3O[C@H](CO)[C@H](O)[C@H](O[C@H]4O[C@H](CO)[C@H](O)[C@H](O)[C@H]4NC(C)=O)[C@H]3O)[C@H]2O)[C@H](O)[C@H]1O)NC(C)=O. The molecule has 25 nitrogen and oxygen atoms in total. The molecule has 414 valence electrons. The lowest BCUT2D eigenvalue weighted by molar-refractivity contribution is -0.387. The van der Waals surface area contributed by atoms with Crippen LogP contribution in [0.2, 0.25) is 0 Å². The van der Waals surface area contributed by atoms with E-state index < -0.39 is 180 Å². The quantitative estimate of drug-likeness (QED) is 0.0248. The lowest BCUT2D eigenvalue weighted by Gasteiger charge is -2.49. The zero-order valence-corrected chi connectivity index (χ0v) is 40.8. The number of amides is 2. The summed E-state index contributed by atoms with van der Waals surface area (Å²) in [4.78, 5) is 24.1. The fourth-order valence-corrected chi connectivity index (χ4v) is 9.04. The summed E-state index contributed by atoms with van der Waals surface area (Å²) in [5, 5.41) is 145. The van der Waals surface area contributed by atoms with Gasteiger partial charge in [0.05, 0.1) is 45.2 Å². The molecule has 2 amide bonds. The Bertz CT molecular complexity index is 1550. The van der Waals surface area contributed by atoms with Gasteiger partial charge in [-0.3, -0.25) is 9.59 Å². The Kier molecular flexibility index (Phi) is 26.8. The van der Waals surface area contributed by atoms with E-state index in [4.69, 9.17) is 37.9 Å². The summed E-state index contributed by atoms with van der Waals surface area (Å²) in [6, 6.07) is -2.55. The van der Waals surface area contributed by atoms with Crippen molar-refractivity contribution in [2.24, 2.45) is 0 Å². The Hall–Kier alpha value is -2.16. The summed E-state index contributed by atoms with van der Waals surface area (Å²) >= 11 is 0. The molecule has 4 rings (SSSR count). The maximum absolute atomic E-state index is 12.1. The average Bonchev–Trinajstić information content (AvgIpc) is 3.34. The lowest BCUT2D eigenvalue weighted by Crippen LogP contribution is -2.69. The van der Waals surface area contributed by atoms with Crippen molar-refractivity contribution in [1.29, 1.82) is 0 Å². The van der Waals surface area contributed by atoms with Crippen molar-refractivity contribution in [3.63, 3.8) is 0 Å². The van der Waals surface area contributed by atoms with Gasteiger partial charge in [0, 0.05) is 13.8 Å². The average molecular weight is 1030 g/mol. The molecule has 0 radical (unpaired) electrons. The number of rotatable bonds is 29. The lowest BCUT2D eigenvalue weighted by atomic mass is 9.95. The van der Waals surface area contributed by atoms with E-state index in [0.29, 0.717) is 6.42 Å². The van der Waals surface area contributed by atoms with Crippen LogP contribution >= 0.6 is 0 Å². The number of aliphatic hydroxyl groups excluding tert-OH is 13. The van der Waals surface area contributed by atoms with Crippen molar-refractivity contribution in [3.05, 3.63) is 12.2 Å². The number of hydrogen-bond acceptors (Lipinski definition) is 23. The Balaban J connectivity index is 1.38. The van der Waals surface area contributed by atoms with E-state index in [2.05, 4.69) is 17.6 Å². The third kappa shape index (κ3) is 17.4. The van der Waals surface area contributed by atoms with Crippen LogP contribution in [0.15, 0.2) is 12.2 Å². The normalized spacial score (nSPS) is 38.8. The minimum absolute atomic E-state index is 0.422. The highest BCUT2D eigenvalue weighted by Crippen LogP contribution is 2.35. The minimum Gasteiger partial charge on any atom is -0.394 e. The molecular weight excluding hydrogens is 948 g/mol. The topological polar surface area (TPSA) is 395 Å². The van der Waals surface area contributed by atoms with Crippen LogP contribution in [-0.4, -0.2) is 246 Å². The summed E-state index contributed by atoms with van der Waals surface area (Å²) in [6.45, 7) is 0.533. The number of ether oxygens (including phenoxy) is 8. The number of unbranched alkanes of at least 4 members (excludes halogenated alkanes) is 11. The van der Waals surface area contributed by atoms with Crippen molar-refractivity contribution in [2.45, 2.75) is 233 Å². The van der Waals surface area contributed by atoms with Crippen LogP contribution in [-0.2, 0) is 47.5 Å². The third-order valence-electron chi connectivity index (χ3n) is 13.1. The first kappa shape index (κ1) is 61.4. The van der Waals surface area contributed by atoms with Gasteiger partial charge in [-0.25, -0.2) is 0 Å². The summed E-state index contributed by atoms with van der Waals surface area (Å²) in [5.74, 6) is -1.20. The molecule has 0 aromatic heterocycles. The smallest absolute Gasteiger partial charge is 0.217 e. The summed E-state index contributed by atoms with van der Waals surface area (Å²) in [5.41, 5.74) is 0. The highest BCUT2D eigenvalue weighted by atomic mass is 16.8. The fourth-order valence-electron chi connectivity index (χ4n) is 9.04. The molecule has 71 heavy (non-hydrogen) atoms. The first-order chi connectivity index (χ1) is 33.9. The molecule has 4 aliphatic heterocycles. The van der Waals surface area contributed by atoms with Crippen molar-refractivity contribution in [3.8, 4) is 0 Å². The van der Waals surface area contributed by atoms with Crippen molar-refractivity contribution < 1.29 is 114 Å². The molecule has 0 aromatic carbocycles. The van der Waals surface area contributed by atoms with Gasteiger partial charge in [0.15, 0.2) is 25.2 Å². The van der Waals surface area contributed by atoms with Crippen LogP contribution in [0.5, 0.6) is 0 Å². The Morgan fingerprint density at radius 2 is 0.972 bits per heavy atom. The van der Waals surface area contributed by atoms with Gasteiger partial charge in [0.2, 0.25) is 11.8 Å². The highest BCUT2D eigenvalue weighted by Gasteiger charge is 2.56. The highest BCUT2D eigenvalue weighted by molar-refractivity contribution is 5.73. The zero-order chi connectivity index (χ0) is 52.4. The zero-order valence-electron chi connectivity index (χ0n) is 40.8. The molecular formula is C46H82N2O23. The molecule has 22 atom stereocenters. The molecule has 0 unspecified atom stereocenters. The van der Waals surface area contributed by atoms with Crippen molar-refractivity contribution in [1.82, 2.24) is 10.6 Å². The molecule has 0 bridgehead atoms. The molecule has 0 aromatic rings. The van der Waals surface area contributed by atoms with Crippen LogP contribution in [0.25, 0.3) is 0 Å². The Morgan fingerprint density at radius 3 is 1.46 bits per heavy atom. The number of nitrogens with one attached hydrogen (secondary N) is 2. The van der Waals surface area contributed by atoms with Crippen molar-refractivity contribution >= 4 is 11.8 Å². The molecule has 25 heteroatoms. The second-order valence-electron chi connectivity index (χ2n) is 18.7. The first-order valence-corrected chi connectivity index (χ1v) is 24.9. The standard InChI is InChI=1S/C46H82N2O23/c1-4-5-6-7-8-9-10-11-12-13-14-15-16-17-26(55)25(47-23(2)53)22-64-44-37(61)36(60)40(30(21-52)68-44)69-45-39(63)42(34(58)29(20-51)66-45)71-46-38(62)41(33(57)28(19-50)67-46)70-43-31(48-24(3)54)35(59)32(56)27(18-49)65-43/h16-17,25-46,49-52,55-63H,4-15,18-22H2,1-3H3,(H,47,53)(H,48,54)/b17-16+/t25-,26+,27+,28+,29+,30+,31+,32-,33-,34-,35+,36+,37+,38+,39+,40+,41-,42-,43+,44+,45-,46+/m0/s1. The monoisotopic (exact) mass is 1030 g/mol. The number of carbonyl (C=O) groups is 2. The maximum Gasteiger partial charge on any atom is 0.217 e. The van der Waals surface area contributed by atoms with E-state index in [9.17, 15) is 76.0 Å². The van der Waals surface area contributed by atoms with Crippen LogP contribution in [0, 0.1) is 0 Å². The molecule has 4 fully saturated rings. The van der Waals surface area contributed by atoms with Gasteiger partial charge in [-0.05, 0) is 12.8 Å². The predicted molar refractivity (Wildman–Crippen MR) is 243 cm³/mol. The van der Waals surface area contributed by atoms with Gasteiger partial charge in [0.1, 0.15) is 97.6 Å². The van der Waals surface area contributed by atoms with E-state index in [1.807, 2.05) is 6.08 Å². The van der Waals surface area contributed by atoms with Crippen LogP contribution in [0.3, 0.4) is 0 Å². The Labute approximate surface area is 413 Å². The summed E-state index contributed by atoms with van der Waals surface area (Å²) < 4.78 is 45.7. The van der Waals surface area contributed by atoms with Gasteiger partial charge in [-0.15, -0.1) is 0 Å². The van der Waals surface area contributed by atoms with Crippen molar-refractivity contribution in [2.75, 3.05) is 33.0 Å². The molecule has 4 heterocycles. The molecule has 4 aliphatic rings. The number of aliphatic hydroxyl groups is 13. The Morgan fingerprint density at radius 1 is 0.521 bits per heavy atom. The molecule has 0 aliphatic carbocycles. The summed E-state index contributed by atoms with van der Waals surface area (Å²) in [7, 11) is 0. The largest absolute Gasteiger partial charge is 0.394 e. The second kappa shape index (κ2) is 31.0. The third-order valence-corrected chi connectivity index (χ3v) is 13.1. The van der Waals surface area contributed by atoms with E-state index in [1.165, 1.54) is 64.4 Å². The van der Waals surface area contributed by atoms with Crippen LogP contribution in [0.1, 0.15) is 97.8 Å². The van der Waals surface area contributed by atoms with E-state index in [-0.39, 0.29) is 0 Å². The second-order valence-corrected chi connectivity index (χ2v) is 18.7. The first-order valence-electron chi connectivity index (χ1n) is 24.9. The molecule has 15 N–H and O–H groups in total. The maximum atomic E-state index is 12.1. The number of allylic oxidation sites excluding steroid dienone is 1. The predicted octanol–water partition coefficient (Wildman–Crippen LogP) is -4.46. The molecule has 0 spiro atoms. The van der Waals surface area contributed by atoms with Gasteiger partial charge in [0.25, 0.3) is 0 Å².